The Morgan fingerprint density at radius 1 is 0.278 bits per heavy atom. The van der Waals surface area contributed by atoms with Gasteiger partial charge in [0.15, 0.2) is 12.2 Å². The summed E-state index contributed by atoms with van der Waals surface area (Å²) in [6.45, 7) is 14.1. The highest BCUT2D eigenvalue weighted by molar-refractivity contribution is 7.47. The van der Waals surface area contributed by atoms with Crippen LogP contribution in [0.25, 0.3) is 0 Å². The molecule has 0 radical (unpaired) electrons. The Bertz CT molecular complexity index is 1780. The van der Waals surface area contributed by atoms with Crippen molar-refractivity contribution in [2.75, 3.05) is 39.6 Å². The maximum Gasteiger partial charge on any atom is 0.472 e. The fourth-order valence-corrected chi connectivity index (χ4v) is 12.2. The summed E-state index contributed by atoms with van der Waals surface area (Å²) >= 11 is 0. The van der Waals surface area contributed by atoms with Gasteiger partial charge in [-0.3, -0.25) is 37.3 Å². The van der Waals surface area contributed by atoms with Crippen LogP contribution in [0, 0.1) is 23.7 Å². The van der Waals surface area contributed by atoms with E-state index in [-0.39, 0.29) is 25.7 Å². The molecule has 0 heterocycles. The van der Waals surface area contributed by atoms with Crippen molar-refractivity contribution in [3.05, 3.63) is 0 Å². The average Bonchev–Trinajstić information content (AvgIpc) is 3.69. The SMILES string of the molecule is CC(C)CCCCCCCCCCCCCCCCC(=O)O[C@H](COC(=O)CCCCCCCCC(C)C)COP(=O)(O)OC[C@H](O)COP(=O)(O)OC[C@@H](COC(=O)CCCCCCCCCCC(C)C)OC(=O)CCCCCCCCCCCCC(C)C. The summed E-state index contributed by atoms with van der Waals surface area (Å²) in [7, 11) is -9.90. The Morgan fingerprint density at radius 2 is 0.467 bits per heavy atom. The average molecular weight is 1330 g/mol. The van der Waals surface area contributed by atoms with Crippen molar-refractivity contribution in [1.82, 2.24) is 0 Å². The van der Waals surface area contributed by atoms with Gasteiger partial charge < -0.3 is 33.8 Å². The van der Waals surface area contributed by atoms with E-state index in [0.717, 1.165) is 114 Å². The molecule has 0 saturated heterocycles. The number of hydrogen-bond acceptors (Lipinski definition) is 15. The summed E-state index contributed by atoms with van der Waals surface area (Å²) in [5.74, 6) is 0.823. The second-order valence-corrected chi connectivity index (χ2v) is 30.4. The van der Waals surface area contributed by atoms with Crippen molar-refractivity contribution >= 4 is 39.5 Å². The number of ether oxygens (including phenoxy) is 4. The molecule has 3 N–H and O–H groups in total. The Kier molecular flexibility index (Phi) is 59.4. The maximum absolute atomic E-state index is 13.0. The van der Waals surface area contributed by atoms with Crippen molar-refractivity contribution < 1.29 is 80.2 Å². The van der Waals surface area contributed by atoms with Crippen LogP contribution in [0.3, 0.4) is 0 Å². The third-order valence-electron chi connectivity index (χ3n) is 16.3. The summed E-state index contributed by atoms with van der Waals surface area (Å²) in [6.07, 6.45) is 43.2. The van der Waals surface area contributed by atoms with Gasteiger partial charge >= 0.3 is 39.5 Å². The van der Waals surface area contributed by atoms with Crippen LogP contribution in [0.4, 0.5) is 0 Å². The van der Waals surface area contributed by atoms with E-state index >= 15 is 0 Å². The highest BCUT2D eigenvalue weighted by atomic mass is 31.2. The first kappa shape index (κ1) is 88.1. The topological polar surface area (TPSA) is 237 Å². The van der Waals surface area contributed by atoms with Crippen LogP contribution < -0.4 is 0 Å². The summed E-state index contributed by atoms with van der Waals surface area (Å²) in [4.78, 5) is 72.5. The number of aliphatic hydroxyl groups is 1. The van der Waals surface area contributed by atoms with Crippen LogP contribution in [0.5, 0.6) is 0 Å². The lowest BCUT2D eigenvalue weighted by Gasteiger charge is -2.21. The Morgan fingerprint density at radius 3 is 0.689 bits per heavy atom. The van der Waals surface area contributed by atoms with Crippen molar-refractivity contribution in [2.45, 2.75) is 369 Å². The van der Waals surface area contributed by atoms with Crippen molar-refractivity contribution in [1.29, 1.82) is 0 Å². The van der Waals surface area contributed by atoms with E-state index in [0.29, 0.717) is 31.6 Å². The predicted octanol–water partition coefficient (Wildman–Crippen LogP) is 20.1. The van der Waals surface area contributed by atoms with Gasteiger partial charge in [0.25, 0.3) is 0 Å². The molecule has 0 aliphatic heterocycles. The molecule has 534 valence electrons. The molecular weight excluding hydrogens is 1190 g/mol. The molecule has 0 fully saturated rings. The second-order valence-electron chi connectivity index (χ2n) is 27.5. The standard InChI is InChI=1S/C71H138O17P2/c1-61(2)47-39-31-23-17-13-11-9-10-12-14-19-27-37-45-53-70(75)88-67(58-82-69(74)52-44-36-30-29-34-42-50-64(7)8)60-86-90(79,80)84-56-65(72)55-83-89(77,78)85-59-66(57-81-68(73)51-43-35-26-22-21-25-33-41-49-63(5)6)87-71(76)54-46-38-28-20-16-15-18-24-32-40-48-62(3)4/h61-67,72H,9-60H2,1-8H3,(H,77,78)(H,79,80)/t65-,66-,67-/m1/s1. The molecule has 0 amide bonds. The van der Waals surface area contributed by atoms with Crippen molar-refractivity contribution in [3.63, 3.8) is 0 Å². The first-order valence-electron chi connectivity index (χ1n) is 36.7. The zero-order valence-electron chi connectivity index (χ0n) is 58.8. The molecule has 17 nitrogen and oxygen atoms in total. The first-order valence-corrected chi connectivity index (χ1v) is 39.7. The van der Waals surface area contributed by atoms with Gasteiger partial charge in [0, 0.05) is 25.7 Å². The minimum atomic E-state index is -4.95. The molecule has 0 spiro atoms. The Balaban J connectivity index is 5.22. The van der Waals surface area contributed by atoms with Gasteiger partial charge in [-0.2, -0.15) is 0 Å². The van der Waals surface area contributed by atoms with E-state index in [2.05, 4.69) is 55.4 Å². The third kappa shape index (κ3) is 64.8. The third-order valence-corrected chi connectivity index (χ3v) is 18.2. The molecule has 19 heteroatoms. The normalized spacial score (nSPS) is 14.3. The number of carbonyl (C=O) groups excluding carboxylic acids is 4. The molecule has 0 bridgehead atoms. The molecule has 0 aromatic rings. The zero-order chi connectivity index (χ0) is 66.8. The van der Waals surface area contributed by atoms with Gasteiger partial charge in [-0.15, -0.1) is 0 Å². The molecule has 0 aliphatic rings. The number of unbranched alkanes of at least 4 members (excludes halogenated alkanes) is 34. The van der Waals surface area contributed by atoms with E-state index in [1.807, 2.05) is 0 Å². The van der Waals surface area contributed by atoms with E-state index in [1.54, 1.807) is 0 Å². The lowest BCUT2D eigenvalue weighted by Crippen LogP contribution is -2.30. The highest BCUT2D eigenvalue weighted by Crippen LogP contribution is 2.45. The van der Waals surface area contributed by atoms with Crippen LogP contribution in [0.2, 0.25) is 0 Å². The number of phosphoric ester groups is 2. The number of phosphoric acid groups is 2. The zero-order valence-corrected chi connectivity index (χ0v) is 60.6. The number of rotatable bonds is 68. The number of carbonyl (C=O) groups is 4. The molecule has 90 heavy (non-hydrogen) atoms. The van der Waals surface area contributed by atoms with Crippen LogP contribution in [0.1, 0.15) is 351 Å². The Hall–Kier alpha value is -1.94. The smallest absolute Gasteiger partial charge is 0.462 e. The fourth-order valence-electron chi connectivity index (χ4n) is 10.7. The fraction of sp³-hybridized carbons (Fsp3) is 0.944. The van der Waals surface area contributed by atoms with E-state index in [4.69, 9.17) is 37.0 Å². The quantitative estimate of drug-likeness (QED) is 0.0222. The maximum atomic E-state index is 13.0. The molecule has 0 aliphatic carbocycles. The lowest BCUT2D eigenvalue weighted by atomic mass is 10.0. The summed E-state index contributed by atoms with van der Waals surface area (Å²) in [5.41, 5.74) is 0. The summed E-state index contributed by atoms with van der Waals surface area (Å²) < 4.78 is 68.3. The van der Waals surface area contributed by atoms with Crippen LogP contribution in [0.15, 0.2) is 0 Å². The minimum absolute atomic E-state index is 0.105. The number of aliphatic hydroxyl groups excluding tert-OH is 1. The van der Waals surface area contributed by atoms with Gasteiger partial charge in [-0.1, -0.05) is 299 Å². The Labute approximate surface area is 549 Å². The molecular formula is C71H138O17P2. The molecule has 2 unspecified atom stereocenters. The highest BCUT2D eigenvalue weighted by Gasteiger charge is 2.30. The number of hydrogen-bond donors (Lipinski definition) is 3. The van der Waals surface area contributed by atoms with Crippen LogP contribution in [-0.2, 0) is 65.4 Å². The first-order chi connectivity index (χ1) is 43.1. The summed E-state index contributed by atoms with van der Waals surface area (Å²) in [6, 6.07) is 0. The number of esters is 4. The second kappa shape index (κ2) is 60.7. The molecule has 0 aromatic carbocycles. The molecule has 5 atom stereocenters. The predicted molar refractivity (Wildman–Crippen MR) is 363 cm³/mol. The van der Waals surface area contributed by atoms with Crippen molar-refractivity contribution in [2.24, 2.45) is 23.7 Å². The van der Waals surface area contributed by atoms with Gasteiger partial charge in [0.2, 0.25) is 0 Å². The van der Waals surface area contributed by atoms with E-state index < -0.39 is 97.5 Å². The minimum Gasteiger partial charge on any atom is -0.462 e. The van der Waals surface area contributed by atoms with Gasteiger partial charge in [0.05, 0.1) is 26.4 Å². The van der Waals surface area contributed by atoms with Crippen LogP contribution >= 0.6 is 15.6 Å². The van der Waals surface area contributed by atoms with Crippen molar-refractivity contribution in [3.8, 4) is 0 Å². The summed E-state index contributed by atoms with van der Waals surface area (Å²) in [5, 5.41) is 10.6. The molecule has 0 aromatic heterocycles. The molecule has 0 rings (SSSR count). The van der Waals surface area contributed by atoms with Crippen LogP contribution in [-0.4, -0.2) is 96.7 Å². The van der Waals surface area contributed by atoms with E-state index in [1.165, 1.54) is 148 Å². The lowest BCUT2D eigenvalue weighted by molar-refractivity contribution is -0.161. The van der Waals surface area contributed by atoms with Gasteiger partial charge in [-0.05, 0) is 49.4 Å². The monoisotopic (exact) mass is 1320 g/mol. The van der Waals surface area contributed by atoms with Gasteiger partial charge in [-0.25, -0.2) is 9.13 Å². The van der Waals surface area contributed by atoms with Gasteiger partial charge in [0.1, 0.15) is 19.3 Å². The van der Waals surface area contributed by atoms with E-state index in [9.17, 15) is 43.2 Å². The molecule has 0 saturated carbocycles. The largest absolute Gasteiger partial charge is 0.472 e.